The van der Waals surface area contributed by atoms with Gasteiger partial charge < -0.3 is 4.74 Å². The minimum Gasteiger partial charge on any atom is -0.494 e. The molecule has 1 amide bonds. The number of rotatable bonds is 9. The van der Waals surface area contributed by atoms with Gasteiger partial charge in [0.25, 0.3) is 5.91 Å². The lowest BCUT2D eigenvalue weighted by Gasteiger charge is -2.14. The van der Waals surface area contributed by atoms with Crippen molar-refractivity contribution in [1.82, 2.24) is 20.2 Å². The summed E-state index contributed by atoms with van der Waals surface area (Å²) in [6.45, 7) is 4.67. The number of thiocarbonyl (C=S) groups is 1. The molecule has 31 heavy (non-hydrogen) atoms. The lowest BCUT2D eigenvalue weighted by Crippen LogP contribution is -2.38. The Morgan fingerprint density at radius 1 is 1.10 bits per heavy atom. The van der Waals surface area contributed by atoms with Gasteiger partial charge in [-0.05, 0) is 48.5 Å². The van der Waals surface area contributed by atoms with E-state index < -0.39 is 0 Å². The van der Waals surface area contributed by atoms with Crippen LogP contribution in [0.4, 0.5) is 0 Å². The van der Waals surface area contributed by atoms with Crippen molar-refractivity contribution in [2.45, 2.75) is 37.6 Å². The van der Waals surface area contributed by atoms with Gasteiger partial charge in [0.2, 0.25) is 5.16 Å². The molecule has 7 nitrogen and oxygen atoms in total. The summed E-state index contributed by atoms with van der Waals surface area (Å²) in [6, 6.07) is 17.1. The number of aromatic nitrogens is 3. The van der Waals surface area contributed by atoms with Crippen molar-refractivity contribution in [2.24, 2.45) is 0 Å². The number of nitrogens with one attached hydrogen (secondary N) is 2. The average molecular weight is 456 g/mol. The molecule has 0 unspecified atom stereocenters. The molecule has 3 aromatic rings. The normalized spacial score (nSPS) is 10.5. The van der Waals surface area contributed by atoms with Crippen LogP contribution < -0.4 is 15.5 Å². The molecule has 0 saturated carbocycles. The fourth-order valence-corrected chi connectivity index (χ4v) is 3.74. The molecule has 0 bridgehead atoms. The van der Waals surface area contributed by atoms with E-state index in [1.807, 2.05) is 32.0 Å². The van der Waals surface area contributed by atoms with E-state index in [1.54, 1.807) is 40.7 Å². The molecule has 0 atom stereocenters. The van der Waals surface area contributed by atoms with Gasteiger partial charge in [-0.2, -0.15) is 0 Å². The summed E-state index contributed by atoms with van der Waals surface area (Å²) < 4.78 is 7.27. The highest BCUT2D eigenvalue weighted by atomic mass is 32.2. The van der Waals surface area contributed by atoms with Crippen LogP contribution >= 0.6 is 24.0 Å². The molecular formula is C22H25N5O2S2. The monoisotopic (exact) mass is 455 g/mol. The lowest BCUT2D eigenvalue weighted by atomic mass is 10.2. The standard InChI is InChI=1S/C22H25N5O2S2/c1-3-14-29-18-12-10-17(11-13-18)20(28)23-21(30)26-27-19(4-2)24-25-22(27)31-15-16-8-6-5-7-9-16/h5-13H,3-4,14-15H2,1-2H3,(H2,23,26,28,30). The van der Waals surface area contributed by atoms with Crippen LogP contribution in [0.25, 0.3) is 0 Å². The predicted octanol–water partition coefficient (Wildman–Crippen LogP) is 4.18. The molecule has 0 aliphatic carbocycles. The Hall–Kier alpha value is -2.91. The van der Waals surface area contributed by atoms with Crippen LogP contribution in [0, 0.1) is 0 Å². The Bertz CT molecular complexity index is 1010. The van der Waals surface area contributed by atoms with Crippen molar-refractivity contribution in [2.75, 3.05) is 12.0 Å². The predicted molar refractivity (Wildman–Crippen MR) is 127 cm³/mol. The first-order valence-electron chi connectivity index (χ1n) is 10.1. The minimum absolute atomic E-state index is 0.173. The number of aryl methyl sites for hydroxylation is 1. The molecule has 2 N–H and O–H groups in total. The molecule has 1 heterocycles. The maximum Gasteiger partial charge on any atom is 0.257 e. The molecule has 3 rings (SSSR count). The smallest absolute Gasteiger partial charge is 0.257 e. The zero-order valence-electron chi connectivity index (χ0n) is 17.5. The number of benzene rings is 2. The number of thioether (sulfide) groups is 1. The molecule has 1 aromatic heterocycles. The fraction of sp³-hybridized carbons (Fsp3) is 0.273. The quantitative estimate of drug-likeness (QED) is 0.370. The second-order valence-corrected chi connectivity index (χ2v) is 7.98. The molecule has 9 heteroatoms. The molecule has 0 fully saturated rings. The highest BCUT2D eigenvalue weighted by molar-refractivity contribution is 7.98. The largest absolute Gasteiger partial charge is 0.494 e. The summed E-state index contributed by atoms with van der Waals surface area (Å²) in [5, 5.41) is 12.0. The first kappa shape index (κ1) is 22.8. The lowest BCUT2D eigenvalue weighted by molar-refractivity contribution is 0.0977. The molecule has 0 radical (unpaired) electrons. The van der Waals surface area contributed by atoms with E-state index in [2.05, 4.69) is 33.1 Å². The molecular weight excluding hydrogens is 430 g/mol. The Balaban J connectivity index is 1.61. The van der Waals surface area contributed by atoms with E-state index >= 15 is 0 Å². The molecule has 0 aliphatic heterocycles. The molecule has 162 valence electrons. The number of hydrogen-bond acceptors (Lipinski definition) is 6. The number of amides is 1. The van der Waals surface area contributed by atoms with Crippen LogP contribution in [-0.2, 0) is 12.2 Å². The van der Waals surface area contributed by atoms with E-state index in [-0.39, 0.29) is 11.0 Å². The van der Waals surface area contributed by atoms with Gasteiger partial charge in [-0.3, -0.25) is 15.5 Å². The van der Waals surface area contributed by atoms with Gasteiger partial charge in [-0.15, -0.1) is 10.2 Å². The first-order valence-corrected chi connectivity index (χ1v) is 11.5. The summed E-state index contributed by atoms with van der Waals surface area (Å²) in [6.07, 6.45) is 1.60. The van der Waals surface area contributed by atoms with E-state index in [1.165, 1.54) is 5.56 Å². The zero-order chi connectivity index (χ0) is 22.1. The Morgan fingerprint density at radius 2 is 1.84 bits per heavy atom. The van der Waals surface area contributed by atoms with E-state index in [9.17, 15) is 4.79 Å². The van der Waals surface area contributed by atoms with Crippen LogP contribution in [0.5, 0.6) is 5.75 Å². The van der Waals surface area contributed by atoms with Gasteiger partial charge in [-0.25, -0.2) is 4.68 Å². The van der Waals surface area contributed by atoms with Gasteiger partial charge in [0, 0.05) is 17.7 Å². The Kier molecular flexibility index (Phi) is 8.43. The topological polar surface area (TPSA) is 81.1 Å². The SMILES string of the molecule is CCCOc1ccc(C(=O)NC(=S)Nn2c(CC)nnc2SCc2ccccc2)cc1. The second-order valence-electron chi connectivity index (χ2n) is 6.63. The zero-order valence-corrected chi connectivity index (χ0v) is 19.1. The van der Waals surface area contributed by atoms with Gasteiger partial charge in [0.1, 0.15) is 5.75 Å². The molecule has 2 aromatic carbocycles. The van der Waals surface area contributed by atoms with Crippen molar-refractivity contribution in [3.05, 3.63) is 71.5 Å². The number of hydrogen-bond donors (Lipinski definition) is 2. The average Bonchev–Trinajstić information content (AvgIpc) is 3.18. The van der Waals surface area contributed by atoms with Crippen LogP contribution in [0.3, 0.4) is 0 Å². The Labute approximate surface area is 191 Å². The number of carbonyl (C=O) groups excluding carboxylic acids is 1. The third-order valence-corrected chi connectivity index (χ3v) is 5.45. The first-order chi connectivity index (χ1) is 15.1. The second kappa shape index (κ2) is 11.5. The van der Waals surface area contributed by atoms with Crippen molar-refractivity contribution < 1.29 is 9.53 Å². The van der Waals surface area contributed by atoms with E-state index in [0.717, 1.165) is 23.7 Å². The summed E-state index contributed by atoms with van der Waals surface area (Å²) in [5.41, 5.74) is 4.71. The third-order valence-electron chi connectivity index (χ3n) is 4.26. The number of nitrogens with zero attached hydrogens (tertiary/aromatic N) is 3. The molecule has 0 saturated heterocycles. The van der Waals surface area contributed by atoms with Crippen molar-refractivity contribution in [3.63, 3.8) is 0 Å². The van der Waals surface area contributed by atoms with Gasteiger partial charge in [-0.1, -0.05) is 55.9 Å². The van der Waals surface area contributed by atoms with Crippen LogP contribution in [0.1, 0.15) is 42.0 Å². The maximum absolute atomic E-state index is 12.5. The summed E-state index contributed by atoms with van der Waals surface area (Å²) in [5.74, 6) is 1.90. The van der Waals surface area contributed by atoms with Crippen molar-refractivity contribution >= 4 is 35.0 Å². The van der Waals surface area contributed by atoms with Gasteiger partial charge in [0.15, 0.2) is 10.9 Å². The van der Waals surface area contributed by atoms with E-state index in [0.29, 0.717) is 23.7 Å². The van der Waals surface area contributed by atoms with Gasteiger partial charge in [0.05, 0.1) is 6.61 Å². The minimum atomic E-state index is -0.302. The van der Waals surface area contributed by atoms with Crippen LogP contribution in [-0.4, -0.2) is 32.5 Å². The maximum atomic E-state index is 12.5. The highest BCUT2D eigenvalue weighted by Gasteiger charge is 2.14. The Morgan fingerprint density at radius 3 is 2.52 bits per heavy atom. The summed E-state index contributed by atoms with van der Waals surface area (Å²) in [4.78, 5) is 12.5. The van der Waals surface area contributed by atoms with Crippen molar-refractivity contribution in [3.8, 4) is 5.75 Å². The number of carbonyl (C=O) groups is 1. The third kappa shape index (κ3) is 6.53. The van der Waals surface area contributed by atoms with Crippen molar-refractivity contribution in [1.29, 1.82) is 0 Å². The fourth-order valence-electron chi connectivity index (χ4n) is 2.68. The summed E-state index contributed by atoms with van der Waals surface area (Å²) >= 11 is 6.89. The molecule has 0 spiro atoms. The van der Waals surface area contributed by atoms with Crippen LogP contribution in [0.15, 0.2) is 59.8 Å². The summed E-state index contributed by atoms with van der Waals surface area (Å²) in [7, 11) is 0. The van der Waals surface area contributed by atoms with Crippen LogP contribution in [0.2, 0.25) is 0 Å². The van der Waals surface area contributed by atoms with Gasteiger partial charge >= 0.3 is 0 Å². The number of ether oxygens (including phenoxy) is 1. The van der Waals surface area contributed by atoms with E-state index in [4.69, 9.17) is 17.0 Å². The highest BCUT2D eigenvalue weighted by Crippen LogP contribution is 2.21. The molecule has 0 aliphatic rings.